The molecule has 1 saturated heterocycles. The molecular formula is C30H40N2O5. The normalized spacial score (nSPS) is 18.9. The van der Waals surface area contributed by atoms with E-state index < -0.39 is 0 Å². The molecular weight excluding hydrogens is 468 g/mol. The highest BCUT2D eigenvalue weighted by molar-refractivity contribution is 5.94. The summed E-state index contributed by atoms with van der Waals surface area (Å²) in [6, 6.07) is 14.3. The fourth-order valence-corrected chi connectivity index (χ4v) is 4.91. The molecule has 1 aliphatic carbocycles. The number of carbonyl (C=O) groups is 2. The molecule has 2 aromatic rings. The van der Waals surface area contributed by atoms with Crippen molar-refractivity contribution in [2.75, 3.05) is 13.2 Å². The smallest absolute Gasteiger partial charge is 0.250 e. The highest BCUT2D eigenvalue weighted by Crippen LogP contribution is 2.26. The molecule has 0 aromatic heterocycles. The Hall–Kier alpha value is -2.90. The lowest BCUT2D eigenvalue weighted by molar-refractivity contribution is -0.200. The minimum Gasteiger partial charge on any atom is -0.488 e. The quantitative estimate of drug-likeness (QED) is 0.217. The molecule has 0 radical (unpaired) electrons. The van der Waals surface area contributed by atoms with Crippen molar-refractivity contribution in [2.45, 2.75) is 89.4 Å². The Kier molecular flexibility index (Phi) is 10.8. The van der Waals surface area contributed by atoms with E-state index in [1.165, 1.54) is 6.42 Å². The first-order chi connectivity index (χ1) is 18.2. The van der Waals surface area contributed by atoms with Gasteiger partial charge in [0.1, 0.15) is 12.4 Å². The van der Waals surface area contributed by atoms with Gasteiger partial charge in [0.2, 0.25) is 5.91 Å². The lowest BCUT2D eigenvalue weighted by Gasteiger charge is -2.23. The number of nitrogens with one attached hydrogen (secondary N) is 2. The van der Waals surface area contributed by atoms with Gasteiger partial charge < -0.3 is 14.8 Å². The van der Waals surface area contributed by atoms with Gasteiger partial charge in [0, 0.05) is 30.9 Å². The highest BCUT2D eigenvalue weighted by Gasteiger charge is 2.19. The van der Waals surface area contributed by atoms with E-state index in [0.717, 1.165) is 67.9 Å². The second-order valence-corrected chi connectivity index (χ2v) is 9.99. The molecule has 1 atom stereocenters. The zero-order chi connectivity index (χ0) is 25.7. The Bertz CT molecular complexity index is 1040. The molecule has 2 fully saturated rings. The van der Waals surface area contributed by atoms with Crippen LogP contribution >= 0.6 is 0 Å². The first-order valence-electron chi connectivity index (χ1n) is 13.9. The van der Waals surface area contributed by atoms with Crippen molar-refractivity contribution in [2.24, 2.45) is 0 Å². The number of allylic oxidation sites excluding steroid dienone is 1. The van der Waals surface area contributed by atoms with Crippen LogP contribution in [0.1, 0.15) is 77.0 Å². The van der Waals surface area contributed by atoms with E-state index in [-0.39, 0.29) is 30.8 Å². The number of carbonyl (C=O) groups excluding carboxylic acids is 2. The average molecular weight is 509 g/mol. The van der Waals surface area contributed by atoms with E-state index in [0.29, 0.717) is 31.4 Å². The Labute approximate surface area is 219 Å². The number of benzene rings is 2. The third-order valence-corrected chi connectivity index (χ3v) is 7.06. The van der Waals surface area contributed by atoms with Crippen molar-refractivity contribution in [3.63, 3.8) is 0 Å². The summed E-state index contributed by atoms with van der Waals surface area (Å²) < 4.78 is 11.6. The molecule has 2 aliphatic rings. The van der Waals surface area contributed by atoms with E-state index >= 15 is 0 Å². The van der Waals surface area contributed by atoms with Crippen LogP contribution < -0.4 is 15.5 Å². The predicted octanol–water partition coefficient (Wildman–Crippen LogP) is 5.73. The van der Waals surface area contributed by atoms with E-state index in [1.54, 1.807) is 0 Å². The Balaban J connectivity index is 1.28. The van der Waals surface area contributed by atoms with Gasteiger partial charge in [0.15, 0.2) is 6.29 Å². The summed E-state index contributed by atoms with van der Waals surface area (Å²) in [6.45, 7) is 0.885. The number of hydrogen-bond donors (Lipinski definition) is 2. The third-order valence-electron chi connectivity index (χ3n) is 7.06. The van der Waals surface area contributed by atoms with Gasteiger partial charge >= 0.3 is 0 Å². The first-order valence-corrected chi connectivity index (χ1v) is 13.9. The molecule has 7 nitrogen and oxygen atoms in total. The Morgan fingerprint density at radius 1 is 0.946 bits per heavy atom. The summed E-state index contributed by atoms with van der Waals surface area (Å²) in [5.74, 6) is 0.576. The van der Waals surface area contributed by atoms with Crippen LogP contribution in [0.4, 0.5) is 0 Å². The fraction of sp³-hybridized carbons (Fsp3) is 0.533. The molecule has 2 amide bonds. The number of amides is 2. The zero-order valence-electron chi connectivity index (χ0n) is 21.7. The van der Waals surface area contributed by atoms with Gasteiger partial charge in [0.05, 0.1) is 5.57 Å². The molecule has 2 N–H and O–H groups in total. The summed E-state index contributed by atoms with van der Waals surface area (Å²) in [7, 11) is 0. The maximum absolute atomic E-state index is 13.2. The molecule has 37 heavy (non-hydrogen) atoms. The molecule has 0 spiro atoms. The van der Waals surface area contributed by atoms with Crippen molar-refractivity contribution < 1.29 is 23.9 Å². The van der Waals surface area contributed by atoms with Crippen LogP contribution in [0, 0.1) is 0 Å². The fourth-order valence-electron chi connectivity index (χ4n) is 4.91. The standard InChI is InChI=1S/C30H40N2O5/c33-28(32-37-29-20-9-10-21-35-29)19-6-1-3-13-24(30(34)31-25-15-4-2-5-16-25)22-36-27-18-11-14-23-12-7-8-17-26(23)27/h7-8,11-14,17-18,25,29H,1-6,9-10,15-16,19-22H2,(H,31,34)(H,32,33)/b24-13+. The largest absolute Gasteiger partial charge is 0.488 e. The minimum atomic E-state index is -0.340. The predicted molar refractivity (Wildman–Crippen MR) is 144 cm³/mol. The number of fused-ring (bicyclic) bond motifs is 1. The van der Waals surface area contributed by atoms with Gasteiger partial charge in [-0.3, -0.25) is 9.59 Å². The number of rotatable bonds is 12. The summed E-state index contributed by atoms with van der Waals surface area (Å²) in [5.41, 5.74) is 3.14. The molecule has 1 unspecified atom stereocenters. The van der Waals surface area contributed by atoms with Crippen LogP contribution in [0.3, 0.4) is 0 Å². The first kappa shape index (κ1) is 27.1. The molecule has 4 rings (SSSR count). The lowest BCUT2D eigenvalue weighted by Crippen LogP contribution is -2.38. The number of hydrogen-bond acceptors (Lipinski definition) is 5. The summed E-state index contributed by atoms with van der Waals surface area (Å²) >= 11 is 0. The Morgan fingerprint density at radius 2 is 1.76 bits per heavy atom. The topological polar surface area (TPSA) is 85.9 Å². The zero-order valence-corrected chi connectivity index (χ0v) is 21.7. The molecule has 1 saturated carbocycles. The lowest BCUT2D eigenvalue weighted by atomic mass is 9.95. The molecule has 7 heteroatoms. The number of ether oxygens (including phenoxy) is 2. The van der Waals surface area contributed by atoms with Crippen molar-refractivity contribution in [3.8, 4) is 5.75 Å². The van der Waals surface area contributed by atoms with Gasteiger partial charge in [-0.25, -0.2) is 10.3 Å². The van der Waals surface area contributed by atoms with Gasteiger partial charge in [-0.05, 0) is 56.4 Å². The van der Waals surface area contributed by atoms with Crippen LogP contribution in [-0.2, 0) is 19.2 Å². The summed E-state index contributed by atoms with van der Waals surface area (Å²) in [6.07, 6.45) is 12.7. The molecule has 1 aliphatic heterocycles. The third kappa shape index (κ3) is 8.86. The Morgan fingerprint density at radius 3 is 2.59 bits per heavy atom. The number of unbranched alkanes of at least 4 members (excludes halogenated alkanes) is 2. The van der Waals surface area contributed by atoms with E-state index in [9.17, 15) is 9.59 Å². The van der Waals surface area contributed by atoms with E-state index in [2.05, 4.69) is 22.9 Å². The second kappa shape index (κ2) is 14.7. The number of hydroxylamine groups is 1. The van der Waals surface area contributed by atoms with Gasteiger partial charge in [-0.15, -0.1) is 0 Å². The summed E-state index contributed by atoms with van der Waals surface area (Å²) in [5, 5.41) is 5.36. The van der Waals surface area contributed by atoms with Crippen LogP contribution in [0.2, 0.25) is 0 Å². The highest BCUT2D eigenvalue weighted by atomic mass is 16.8. The van der Waals surface area contributed by atoms with Crippen molar-refractivity contribution in [3.05, 3.63) is 54.1 Å². The van der Waals surface area contributed by atoms with Crippen molar-refractivity contribution >= 4 is 22.6 Å². The van der Waals surface area contributed by atoms with Crippen LogP contribution in [0.25, 0.3) is 10.8 Å². The van der Waals surface area contributed by atoms with Crippen LogP contribution in [0.5, 0.6) is 5.75 Å². The average Bonchev–Trinajstić information content (AvgIpc) is 2.94. The maximum Gasteiger partial charge on any atom is 0.250 e. The van der Waals surface area contributed by atoms with Crippen molar-refractivity contribution in [1.82, 2.24) is 10.8 Å². The maximum atomic E-state index is 13.2. The van der Waals surface area contributed by atoms with E-state index in [1.807, 2.05) is 36.4 Å². The van der Waals surface area contributed by atoms with Crippen LogP contribution in [-0.4, -0.2) is 37.4 Å². The van der Waals surface area contributed by atoms with Gasteiger partial charge in [-0.2, -0.15) is 0 Å². The second-order valence-electron chi connectivity index (χ2n) is 9.99. The van der Waals surface area contributed by atoms with E-state index in [4.69, 9.17) is 14.3 Å². The summed E-state index contributed by atoms with van der Waals surface area (Å²) in [4.78, 5) is 30.6. The molecule has 1 heterocycles. The van der Waals surface area contributed by atoms with Gasteiger partial charge in [0.25, 0.3) is 5.91 Å². The monoisotopic (exact) mass is 508 g/mol. The van der Waals surface area contributed by atoms with Gasteiger partial charge in [-0.1, -0.05) is 61.7 Å². The minimum absolute atomic E-state index is 0.0502. The molecule has 0 bridgehead atoms. The van der Waals surface area contributed by atoms with Crippen molar-refractivity contribution in [1.29, 1.82) is 0 Å². The van der Waals surface area contributed by atoms with Crippen LogP contribution in [0.15, 0.2) is 54.1 Å². The molecule has 200 valence electrons. The molecule has 2 aromatic carbocycles. The SMILES string of the molecule is O=C(CCCC/C=C(\COc1cccc2ccccc12)C(=O)NC1CCCCC1)NOC1CCCCO1.